The summed E-state index contributed by atoms with van der Waals surface area (Å²) < 4.78 is 0. The smallest absolute Gasteiger partial charge is 0.119 e. The van der Waals surface area contributed by atoms with Crippen LogP contribution in [0.3, 0.4) is 0 Å². The maximum absolute atomic E-state index is 10.7. The van der Waals surface area contributed by atoms with Crippen molar-refractivity contribution in [2.24, 2.45) is 0 Å². The molecular formula is C31H32O2. The Hall–Kier alpha value is -3.52. The van der Waals surface area contributed by atoms with Crippen LogP contribution in [0.25, 0.3) is 0 Å². The minimum Gasteiger partial charge on any atom is -0.508 e. The molecule has 0 aromatic heterocycles. The monoisotopic (exact) mass is 436 g/mol. The third-order valence-electron chi connectivity index (χ3n) is 6.88. The number of rotatable bonds is 6. The molecule has 2 atom stereocenters. The standard InChI is InChI=1S/C31H32O2/c1-20-15-30(32)28(22(3)24-11-7-5-8-12-24)18-26(20)17-27-19-29(31(33)16-21(27)2)23(4)25-13-9-6-10-14-25/h5-16,18-19,22-23,32-33H,17H2,1-4H3. The Kier molecular flexibility index (Phi) is 6.55. The van der Waals surface area contributed by atoms with Gasteiger partial charge in [-0.1, -0.05) is 86.6 Å². The fraction of sp³-hybridized carbons (Fsp3) is 0.226. The van der Waals surface area contributed by atoms with Gasteiger partial charge in [-0.25, -0.2) is 0 Å². The van der Waals surface area contributed by atoms with Crippen molar-refractivity contribution in [1.82, 2.24) is 0 Å². The first kappa shape index (κ1) is 22.7. The summed E-state index contributed by atoms with van der Waals surface area (Å²) in [6, 6.07) is 28.6. The lowest BCUT2D eigenvalue weighted by atomic mass is 9.86. The predicted molar refractivity (Wildman–Crippen MR) is 136 cm³/mol. The van der Waals surface area contributed by atoms with Gasteiger partial charge >= 0.3 is 0 Å². The minimum atomic E-state index is 0.0973. The van der Waals surface area contributed by atoms with Crippen molar-refractivity contribution < 1.29 is 10.2 Å². The summed E-state index contributed by atoms with van der Waals surface area (Å²) in [5, 5.41) is 21.4. The summed E-state index contributed by atoms with van der Waals surface area (Å²) in [5.41, 5.74) is 8.77. The number of aromatic hydroxyl groups is 2. The molecule has 168 valence electrons. The molecule has 2 N–H and O–H groups in total. The molecule has 0 fully saturated rings. The van der Waals surface area contributed by atoms with Gasteiger partial charge in [0.15, 0.2) is 0 Å². The molecule has 2 nitrogen and oxygen atoms in total. The van der Waals surface area contributed by atoms with Gasteiger partial charge in [-0.05, 0) is 65.8 Å². The lowest BCUT2D eigenvalue weighted by Gasteiger charge is -2.20. The van der Waals surface area contributed by atoms with Crippen LogP contribution in [0.1, 0.15) is 70.2 Å². The number of phenols is 2. The summed E-state index contributed by atoms with van der Waals surface area (Å²) in [5.74, 6) is 0.877. The summed E-state index contributed by atoms with van der Waals surface area (Å²) in [6.07, 6.45) is 0.751. The molecule has 4 aromatic rings. The molecule has 0 spiro atoms. The molecule has 0 saturated carbocycles. The van der Waals surface area contributed by atoms with Crippen molar-refractivity contribution in [3.63, 3.8) is 0 Å². The zero-order valence-corrected chi connectivity index (χ0v) is 19.8. The normalized spacial score (nSPS) is 13.0. The second-order valence-corrected chi connectivity index (χ2v) is 9.12. The molecule has 0 saturated heterocycles. The average Bonchev–Trinajstić information content (AvgIpc) is 2.82. The van der Waals surface area contributed by atoms with E-state index in [0.717, 1.165) is 28.7 Å². The highest BCUT2D eigenvalue weighted by atomic mass is 16.3. The topological polar surface area (TPSA) is 40.5 Å². The van der Waals surface area contributed by atoms with Gasteiger partial charge in [0.1, 0.15) is 11.5 Å². The first-order chi connectivity index (χ1) is 15.8. The summed E-state index contributed by atoms with van der Waals surface area (Å²) in [4.78, 5) is 0. The van der Waals surface area contributed by atoms with Crippen molar-refractivity contribution in [3.05, 3.63) is 129 Å². The molecule has 2 unspecified atom stereocenters. The van der Waals surface area contributed by atoms with Crippen LogP contribution in [0.5, 0.6) is 11.5 Å². The van der Waals surface area contributed by atoms with E-state index >= 15 is 0 Å². The molecule has 0 heterocycles. The van der Waals surface area contributed by atoms with Crippen LogP contribution in [0.2, 0.25) is 0 Å². The fourth-order valence-electron chi connectivity index (χ4n) is 4.64. The van der Waals surface area contributed by atoms with E-state index in [9.17, 15) is 10.2 Å². The molecule has 0 radical (unpaired) electrons. The summed E-state index contributed by atoms with van der Waals surface area (Å²) in [7, 11) is 0. The van der Waals surface area contributed by atoms with Gasteiger partial charge in [0.05, 0.1) is 0 Å². The molecule has 0 aliphatic rings. The first-order valence-electron chi connectivity index (χ1n) is 11.6. The maximum atomic E-state index is 10.7. The van der Waals surface area contributed by atoms with Crippen LogP contribution in [-0.4, -0.2) is 10.2 Å². The highest BCUT2D eigenvalue weighted by molar-refractivity contribution is 5.51. The van der Waals surface area contributed by atoms with E-state index < -0.39 is 0 Å². The minimum absolute atomic E-state index is 0.0973. The van der Waals surface area contributed by atoms with Gasteiger partial charge in [-0.15, -0.1) is 0 Å². The molecule has 0 amide bonds. The van der Waals surface area contributed by atoms with Gasteiger partial charge in [-0.3, -0.25) is 0 Å². The van der Waals surface area contributed by atoms with Crippen LogP contribution < -0.4 is 0 Å². The Bertz CT molecular complexity index is 1140. The number of hydrogen-bond acceptors (Lipinski definition) is 2. The van der Waals surface area contributed by atoms with Gasteiger partial charge in [0.25, 0.3) is 0 Å². The summed E-state index contributed by atoms with van der Waals surface area (Å²) >= 11 is 0. The highest BCUT2D eigenvalue weighted by Crippen LogP contribution is 2.36. The van der Waals surface area contributed by atoms with E-state index in [1.54, 1.807) is 0 Å². The molecule has 4 rings (SSSR count). The van der Waals surface area contributed by atoms with Gasteiger partial charge in [-0.2, -0.15) is 0 Å². The third-order valence-corrected chi connectivity index (χ3v) is 6.88. The van der Waals surface area contributed by atoms with E-state index in [2.05, 4.69) is 64.1 Å². The van der Waals surface area contributed by atoms with E-state index in [-0.39, 0.29) is 11.8 Å². The molecule has 33 heavy (non-hydrogen) atoms. The van der Waals surface area contributed by atoms with Crippen molar-refractivity contribution >= 4 is 0 Å². The molecule has 0 bridgehead atoms. The molecule has 0 aliphatic heterocycles. The lowest BCUT2D eigenvalue weighted by molar-refractivity contribution is 0.465. The van der Waals surface area contributed by atoms with Crippen LogP contribution in [0.4, 0.5) is 0 Å². The largest absolute Gasteiger partial charge is 0.508 e. The van der Waals surface area contributed by atoms with Crippen molar-refractivity contribution in [3.8, 4) is 11.5 Å². The van der Waals surface area contributed by atoms with Gasteiger partial charge in [0.2, 0.25) is 0 Å². The number of aryl methyl sites for hydroxylation is 2. The Morgan fingerprint density at radius 3 is 1.30 bits per heavy atom. The Balaban J connectivity index is 1.70. The Morgan fingerprint density at radius 1 is 0.576 bits per heavy atom. The third kappa shape index (κ3) is 4.80. The van der Waals surface area contributed by atoms with E-state index in [1.165, 1.54) is 22.3 Å². The Morgan fingerprint density at radius 2 is 0.939 bits per heavy atom. The molecular weight excluding hydrogens is 404 g/mol. The molecule has 0 aliphatic carbocycles. The second kappa shape index (κ2) is 9.54. The molecule has 4 aromatic carbocycles. The maximum Gasteiger partial charge on any atom is 0.119 e. The SMILES string of the molecule is Cc1cc(O)c(C(C)c2ccccc2)cc1Cc1cc(C(C)c2ccccc2)c(O)cc1C. The van der Waals surface area contributed by atoms with E-state index in [0.29, 0.717) is 11.5 Å². The average molecular weight is 437 g/mol. The zero-order chi connectivity index (χ0) is 23.5. The van der Waals surface area contributed by atoms with E-state index in [4.69, 9.17) is 0 Å². The number of hydrogen-bond donors (Lipinski definition) is 2. The van der Waals surface area contributed by atoms with E-state index in [1.807, 2.05) is 48.5 Å². The van der Waals surface area contributed by atoms with Crippen LogP contribution in [0, 0.1) is 13.8 Å². The van der Waals surface area contributed by atoms with Gasteiger partial charge < -0.3 is 10.2 Å². The first-order valence-corrected chi connectivity index (χ1v) is 11.6. The van der Waals surface area contributed by atoms with Crippen molar-refractivity contribution in [2.45, 2.75) is 46.0 Å². The van der Waals surface area contributed by atoms with Crippen LogP contribution in [-0.2, 0) is 6.42 Å². The Labute approximate surface area is 197 Å². The van der Waals surface area contributed by atoms with Crippen molar-refractivity contribution in [1.29, 1.82) is 0 Å². The zero-order valence-electron chi connectivity index (χ0n) is 19.8. The second-order valence-electron chi connectivity index (χ2n) is 9.12. The summed E-state index contributed by atoms with van der Waals surface area (Å²) in [6.45, 7) is 8.37. The molecule has 2 heteroatoms. The number of phenolic OH excluding ortho intramolecular Hbond substituents is 2. The van der Waals surface area contributed by atoms with Gasteiger partial charge in [0, 0.05) is 23.0 Å². The number of benzene rings is 4. The fourth-order valence-corrected chi connectivity index (χ4v) is 4.64. The van der Waals surface area contributed by atoms with Crippen LogP contribution in [0.15, 0.2) is 84.9 Å². The highest BCUT2D eigenvalue weighted by Gasteiger charge is 2.18. The predicted octanol–water partition coefficient (Wildman–Crippen LogP) is 7.61. The van der Waals surface area contributed by atoms with Crippen LogP contribution >= 0.6 is 0 Å². The quantitative estimate of drug-likeness (QED) is 0.326. The lowest BCUT2D eigenvalue weighted by Crippen LogP contribution is -2.03. The van der Waals surface area contributed by atoms with Crippen molar-refractivity contribution in [2.75, 3.05) is 0 Å².